The second-order valence-corrected chi connectivity index (χ2v) is 8.59. The normalized spacial score (nSPS) is 22.8. The molecule has 1 aromatic rings. The number of aryl methyl sites for hydroxylation is 1. The van der Waals surface area contributed by atoms with Crippen molar-refractivity contribution in [3.05, 3.63) is 39.9 Å². The molecule has 0 saturated heterocycles. The zero-order chi connectivity index (χ0) is 19.7. The second kappa shape index (κ2) is 11.6. The van der Waals surface area contributed by atoms with E-state index in [1.807, 2.05) is 44.6 Å². The molecule has 0 unspecified atom stereocenters. The van der Waals surface area contributed by atoms with Crippen molar-refractivity contribution in [1.82, 2.24) is 4.90 Å². The number of aliphatic hydroxyl groups excluding tert-OH is 1. The molecule has 1 aliphatic carbocycles. The van der Waals surface area contributed by atoms with Crippen molar-refractivity contribution < 1.29 is 10.0 Å². The number of nitro groups is 1. The lowest BCUT2D eigenvalue weighted by Gasteiger charge is -2.34. The first-order chi connectivity index (χ1) is 12.3. The van der Waals surface area contributed by atoms with Crippen LogP contribution in [0.4, 0.5) is 0 Å². The molecule has 1 saturated carbocycles. The maximum absolute atomic E-state index is 11.1. The smallest absolute Gasteiger partial charge is 0.228 e. The minimum atomic E-state index is -0.417. The van der Waals surface area contributed by atoms with Crippen LogP contribution < -0.4 is 0 Å². The van der Waals surface area contributed by atoms with Crippen LogP contribution in [0.2, 0.25) is 0 Å². The van der Waals surface area contributed by atoms with Gasteiger partial charge >= 0.3 is 0 Å². The average molecular weight is 383 g/mol. The van der Waals surface area contributed by atoms with E-state index < -0.39 is 6.04 Å². The molecule has 3 atom stereocenters. The van der Waals surface area contributed by atoms with Crippen LogP contribution in [0.15, 0.2) is 29.2 Å². The molecule has 0 heterocycles. The highest BCUT2D eigenvalue weighted by molar-refractivity contribution is 8.00. The van der Waals surface area contributed by atoms with Gasteiger partial charge < -0.3 is 10.0 Å². The van der Waals surface area contributed by atoms with Crippen LogP contribution in [0.3, 0.4) is 0 Å². The van der Waals surface area contributed by atoms with Gasteiger partial charge in [0.2, 0.25) is 6.04 Å². The fourth-order valence-corrected chi connectivity index (χ4v) is 4.32. The SMILES string of the molecule is CCC(O)CC.Cc1ccc(S[C@@H]2CC[C@H]([N+](=O)[O-])[C@@H](N(C)C)C2)cc1. The average Bonchev–Trinajstić information content (AvgIpc) is 2.63. The molecule has 5 nitrogen and oxygen atoms in total. The van der Waals surface area contributed by atoms with Crippen molar-refractivity contribution in [2.75, 3.05) is 14.1 Å². The van der Waals surface area contributed by atoms with E-state index in [-0.39, 0.29) is 17.1 Å². The summed E-state index contributed by atoms with van der Waals surface area (Å²) >= 11 is 1.86. The molecular weight excluding hydrogens is 348 g/mol. The maximum Gasteiger partial charge on any atom is 0.228 e. The Morgan fingerprint density at radius 3 is 2.23 bits per heavy atom. The van der Waals surface area contributed by atoms with E-state index in [0.717, 1.165) is 25.7 Å². The predicted molar refractivity (Wildman–Crippen MR) is 110 cm³/mol. The van der Waals surface area contributed by atoms with Gasteiger partial charge in [-0.15, -0.1) is 11.8 Å². The van der Waals surface area contributed by atoms with Crippen LogP contribution in [0.1, 0.15) is 51.5 Å². The van der Waals surface area contributed by atoms with E-state index in [1.165, 1.54) is 10.5 Å². The lowest BCUT2D eigenvalue weighted by molar-refractivity contribution is -0.533. The van der Waals surface area contributed by atoms with Crippen molar-refractivity contribution in [1.29, 1.82) is 0 Å². The van der Waals surface area contributed by atoms with Crippen LogP contribution in [-0.4, -0.2) is 52.5 Å². The molecule has 6 heteroatoms. The number of nitrogens with zero attached hydrogens (tertiary/aromatic N) is 2. The summed E-state index contributed by atoms with van der Waals surface area (Å²) < 4.78 is 0. The van der Waals surface area contributed by atoms with E-state index in [2.05, 4.69) is 31.2 Å². The van der Waals surface area contributed by atoms with Crippen LogP contribution in [0.5, 0.6) is 0 Å². The number of hydrogen-bond donors (Lipinski definition) is 1. The monoisotopic (exact) mass is 382 g/mol. The van der Waals surface area contributed by atoms with Crippen molar-refractivity contribution in [3.63, 3.8) is 0 Å². The molecule has 0 amide bonds. The van der Waals surface area contributed by atoms with Crippen LogP contribution in [-0.2, 0) is 0 Å². The number of aliphatic hydroxyl groups is 1. The molecule has 0 aliphatic heterocycles. The molecule has 1 fully saturated rings. The summed E-state index contributed by atoms with van der Waals surface area (Å²) in [5.74, 6) is 0. The Balaban J connectivity index is 0.000000487. The Hall–Kier alpha value is -1.11. The summed E-state index contributed by atoms with van der Waals surface area (Å²) in [5, 5.41) is 20.3. The third-order valence-corrected chi connectivity index (χ3v) is 6.24. The zero-order valence-corrected chi connectivity index (χ0v) is 17.5. The quantitative estimate of drug-likeness (QED) is 0.584. The lowest BCUT2D eigenvalue weighted by atomic mass is 9.89. The standard InChI is InChI=1S/C15H22N2O2S.C5H12O/c1-11-4-6-12(7-5-11)20-13-8-9-14(17(18)19)15(10-13)16(2)3;1-3-5(6)4-2/h4-7,13-15H,8-10H2,1-3H3;5-6H,3-4H2,1-2H3/t13-,14+,15+;/m1./s1. The van der Waals surface area contributed by atoms with Gasteiger partial charge in [-0.3, -0.25) is 10.1 Å². The highest BCUT2D eigenvalue weighted by Gasteiger charge is 2.39. The summed E-state index contributed by atoms with van der Waals surface area (Å²) in [7, 11) is 3.89. The maximum atomic E-state index is 11.1. The second-order valence-electron chi connectivity index (χ2n) is 7.22. The third kappa shape index (κ3) is 7.64. The highest BCUT2D eigenvalue weighted by Crippen LogP contribution is 2.35. The Morgan fingerprint density at radius 1 is 1.23 bits per heavy atom. The Bertz CT molecular complexity index is 532. The Morgan fingerprint density at radius 2 is 1.81 bits per heavy atom. The van der Waals surface area contributed by atoms with Crippen LogP contribution >= 0.6 is 11.8 Å². The fourth-order valence-electron chi connectivity index (χ4n) is 3.10. The first-order valence-corrected chi connectivity index (χ1v) is 10.4. The van der Waals surface area contributed by atoms with E-state index in [0.29, 0.717) is 11.7 Å². The van der Waals surface area contributed by atoms with Crippen molar-refractivity contribution in [2.24, 2.45) is 0 Å². The highest BCUT2D eigenvalue weighted by atomic mass is 32.2. The summed E-state index contributed by atoms with van der Waals surface area (Å²) in [5.41, 5.74) is 1.26. The molecule has 0 radical (unpaired) electrons. The van der Waals surface area contributed by atoms with E-state index in [9.17, 15) is 10.1 Å². The van der Waals surface area contributed by atoms with E-state index in [4.69, 9.17) is 5.11 Å². The van der Waals surface area contributed by atoms with Crippen LogP contribution in [0, 0.1) is 17.0 Å². The molecule has 2 rings (SSSR count). The summed E-state index contributed by atoms with van der Waals surface area (Å²) in [4.78, 5) is 14.3. The fraction of sp³-hybridized carbons (Fsp3) is 0.700. The minimum Gasteiger partial charge on any atom is -0.393 e. The topological polar surface area (TPSA) is 66.6 Å². The molecule has 1 aliphatic rings. The van der Waals surface area contributed by atoms with E-state index in [1.54, 1.807) is 0 Å². The van der Waals surface area contributed by atoms with Crippen molar-refractivity contribution in [2.45, 2.75) is 81.2 Å². The molecule has 0 bridgehead atoms. The number of benzene rings is 1. The van der Waals surface area contributed by atoms with Gasteiger partial charge in [-0.2, -0.15) is 0 Å². The third-order valence-electron chi connectivity index (χ3n) is 4.93. The molecule has 26 heavy (non-hydrogen) atoms. The lowest BCUT2D eigenvalue weighted by Crippen LogP contribution is -2.48. The summed E-state index contributed by atoms with van der Waals surface area (Å²) in [6, 6.07) is 8.15. The van der Waals surface area contributed by atoms with E-state index >= 15 is 0 Å². The summed E-state index contributed by atoms with van der Waals surface area (Å²) in [6.45, 7) is 6.04. The Labute approximate surface area is 162 Å². The Kier molecular flexibility index (Phi) is 10.2. The largest absolute Gasteiger partial charge is 0.393 e. The van der Waals surface area contributed by atoms with Gasteiger partial charge in [-0.05, 0) is 58.8 Å². The van der Waals surface area contributed by atoms with Gasteiger partial charge in [0.05, 0.1) is 12.1 Å². The number of rotatable bonds is 6. The molecule has 1 aromatic carbocycles. The summed E-state index contributed by atoms with van der Waals surface area (Å²) in [6.07, 6.45) is 4.20. The van der Waals surface area contributed by atoms with Gasteiger partial charge in [-0.1, -0.05) is 31.5 Å². The predicted octanol–water partition coefficient (Wildman–Crippen LogP) is 4.38. The number of likely N-dealkylation sites (N-methyl/N-ethyl adjacent to an activating group) is 1. The first kappa shape index (κ1) is 22.9. The molecule has 1 N–H and O–H groups in total. The molecule has 0 spiro atoms. The van der Waals surface area contributed by atoms with Crippen molar-refractivity contribution >= 4 is 11.8 Å². The van der Waals surface area contributed by atoms with Crippen molar-refractivity contribution in [3.8, 4) is 0 Å². The van der Waals surface area contributed by atoms with Gasteiger partial charge in [0.1, 0.15) is 0 Å². The van der Waals surface area contributed by atoms with Crippen LogP contribution in [0.25, 0.3) is 0 Å². The van der Waals surface area contributed by atoms with Gasteiger partial charge in [-0.25, -0.2) is 0 Å². The van der Waals surface area contributed by atoms with Gasteiger partial charge in [0.25, 0.3) is 0 Å². The number of thioether (sulfide) groups is 1. The molecular formula is C20H34N2O3S. The van der Waals surface area contributed by atoms with Gasteiger partial charge in [0, 0.05) is 21.5 Å². The first-order valence-electron chi connectivity index (χ1n) is 9.49. The number of hydrogen-bond acceptors (Lipinski definition) is 5. The molecule has 148 valence electrons. The van der Waals surface area contributed by atoms with Gasteiger partial charge in [0.15, 0.2) is 0 Å². The zero-order valence-electron chi connectivity index (χ0n) is 16.7. The molecule has 0 aromatic heterocycles. The minimum absolute atomic E-state index is 0.0432.